The Morgan fingerprint density at radius 3 is 2.30 bits per heavy atom. The van der Waals surface area contributed by atoms with Crippen LogP contribution < -0.4 is 5.32 Å². The van der Waals surface area contributed by atoms with Gasteiger partial charge in [-0.15, -0.1) is 0 Å². The van der Waals surface area contributed by atoms with E-state index in [9.17, 15) is 19.5 Å². The van der Waals surface area contributed by atoms with Crippen LogP contribution in [0.1, 0.15) is 59.6 Å². The molecule has 4 rings (SSSR count). The molecule has 1 saturated carbocycles. The van der Waals surface area contributed by atoms with Crippen LogP contribution >= 0.6 is 0 Å². The fourth-order valence-electron chi connectivity index (χ4n) is 4.96. The van der Waals surface area contributed by atoms with Gasteiger partial charge >= 0.3 is 0 Å². The van der Waals surface area contributed by atoms with Crippen molar-refractivity contribution >= 4 is 10.8 Å². The molecule has 0 radical (unpaired) electrons. The van der Waals surface area contributed by atoms with Gasteiger partial charge in [-0.1, -0.05) is 55.3 Å². The molecule has 1 aliphatic carbocycles. The molecule has 3 aromatic carbocycles. The lowest BCUT2D eigenvalue weighted by Crippen LogP contribution is -2.23. The normalized spacial score (nSPS) is 15.3. The first-order chi connectivity index (χ1) is 19.5. The van der Waals surface area contributed by atoms with Gasteiger partial charge < -0.3 is 30.1 Å². The third-order valence-electron chi connectivity index (χ3n) is 7.22. The van der Waals surface area contributed by atoms with Crippen molar-refractivity contribution in [3.8, 4) is 5.75 Å². The largest absolute Gasteiger partial charge is 0.508 e. The maximum atomic E-state index is 12.8. The quantitative estimate of drug-likeness (QED) is 0.188. The minimum absolute atomic E-state index is 0.0257. The van der Waals surface area contributed by atoms with Crippen LogP contribution in [0.5, 0.6) is 5.75 Å². The SMILES string of the molecule is O=S(c1cccc(COCCOCc2cccc(CCNCC(O)c3ccc(O)c(CO)c3)c2)c1)C1CCCC1. The summed E-state index contributed by atoms with van der Waals surface area (Å²) in [4.78, 5) is 0.907. The molecule has 8 heteroatoms. The Labute approximate surface area is 239 Å². The average molecular weight is 568 g/mol. The summed E-state index contributed by atoms with van der Waals surface area (Å²) < 4.78 is 24.4. The Balaban J connectivity index is 1.11. The van der Waals surface area contributed by atoms with E-state index in [4.69, 9.17) is 9.47 Å². The minimum Gasteiger partial charge on any atom is -0.508 e. The van der Waals surface area contributed by atoms with E-state index in [-0.39, 0.29) is 12.4 Å². The highest BCUT2D eigenvalue weighted by Crippen LogP contribution is 2.27. The summed E-state index contributed by atoms with van der Waals surface area (Å²) in [5.41, 5.74) is 4.37. The maximum Gasteiger partial charge on any atom is 0.121 e. The molecular formula is C32H41NO6S. The van der Waals surface area contributed by atoms with Crippen molar-refractivity contribution in [2.45, 2.75) is 68.2 Å². The van der Waals surface area contributed by atoms with Crippen LogP contribution in [0.2, 0.25) is 0 Å². The lowest BCUT2D eigenvalue weighted by molar-refractivity contribution is 0.0338. The van der Waals surface area contributed by atoms with E-state index in [1.807, 2.05) is 36.4 Å². The third kappa shape index (κ3) is 9.23. The zero-order valence-corrected chi connectivity index (χ0v) is 23.8. The number of ether oxygens (including phenoxy) is 2. The molecule has 0 heterocycles. The van der Waals surface area contributed by atoms with E-state index >= 15 is 0 Å². The van der Waals surface area contributed by atoms with Gasteiger partial charge in [0.2, 0.25) is 0 Å². The molecule has 0 spiro atoms. The first-order valence-electron chi connectivity index (χ1n) is 14.1. The molecule has 0 aliphatic heterocycles. The molecule has 1 aliphatic rings. The Hall–Kier alpha value is -2.59. The predicted molar refractivity (Wildman–Crippen MR) is 156 cm³/mol. The number of aromatic hydroxyl groups is 1. The van der Waals surface area contributed by atoms with Gasteiger partial charge in [-0.3, -0.25) is 4.21 Å². The highest BCUT2D eigenvalue weighted by molar-refractivity contribution is 7.85. The van der Waals surface area contributed by atoms with E-state index in [0.717, 1.165) is 35.3 Å². The second kappa shape index (κ2) is 16.0. The summed E-state index contributed by atoms with van der Waals surface area (Å²) in [6.07, 6.45) is 4.57. The van der Waals surface area contributed by atoms with Crippen LogP contribution in [0.25, 0.3) is 0 Å². The number of benzene rings is 3. The molecule has 2 atom stereocenters. The molecule has 0 bridgehead atoms. The first-order valence-corrected chi connectivity index (χ1v) is 15.3. The molecule has 216 valence electrons. The van der Waals surface area contributed by atoms with E-state index in [1.54, 1.807) is 12.1 Å². The monoisotopic (exact) mass is 567 g/mol. The Morgan fingerprint density at radius 2 is 1.57 bits per heavy atom. The molecule has 7 nitrogen and oxygen atoms in total. The zero-order valence-electron chi connectivity index (χ0n) is 23.0. The van der Waals surface area contributed by atoms with Crippen molar-refractivity contribution in [3.63, 3.8) is 0 Å². The Kier molecular flexibility index (Phi) is 12.2. The van der Waals surface area contributed by atoms with Crippen LogP contribution in [-0.2, 0) is 46.5 Å². The van der Waals surface area contributed by atoms with Crippen molar-refractivity contribution in [2.24, 2.45) is 0 Å². The van der Waals surface area contributed by atoms with Gasteiger partial charge in [0.15, 0.2) is 0 Å². The minimum atomic E-state index is -0.928. The number of hydrogen-bond acceptors (Lipinski definition) is 7. The van der Waals surface area contributed by atoms with Crippen molar-refractivity contribution in [1.29, 1.82) is 0 Å². The molecule has 1 fully saturated rings. The van der Waals surface area contributed by atoms with Gasteiger partial charge in [-0.05, 0) is 72.3 Å². The molecule has 2 unspecified atom stereocenters. The average Bonchev–Trinajstić information content (AvgIpc) is 3.52. The van der Waals surface area contributed by atoms with Crippen molar-refractivity contribution in [1.82, 2.24) is 5.32 Å². The predicted octanol–water partition coefficient (Wildman–Crippen LogP) is 4.53. The van der Waals surface area contributed by atoms with E-state index in [1.165, 1.54) is 24.5 Å². The van der Waals surface area contributed by atoms with Crippen LogP contribution in [-0.4, -0.2) is 51.1 Å². The van der Waals surface area contributed by atoms with Crippen LogP contribution in [0, 0.1) is 0 Å². The molecule has 4 N–H and O–H groups in total. The molecule has 0 saturated heterocycles. The summed E-state index contributed by atoms with van der Waals surface area (Å²) in [5.74, 6) is 0.0257. The van der Waals surface area contributed by atoms with Crippen LogP contribution in [0.4, 0.5) is 0 Å². The smallest absolute Gasteiger partial charge is 0.121 e. The number of aliphatic hydroxyl groups excluding tert-OH is 2. The van der Waals surface area contributed by atoms with Crippen molar-refractivity contribution < 1.29 is 29.0 Å². The number of phenols is 1. The highest BCUT2D eigenvalue weighted by Gasteiger charge is 2.22. The maximum absolute atomic E-state index is 12.8. The molecule has 3 aromatic rings. The van der Waals surface area contributed by atoms with Crippen LogP contribution in [0.15, 0.2) is 71.6 Å². The fourth-order valence-corrected chi connectivity index (χ4v) is 6.58. The summed E-state index contributed by atoms with van der Waals surface area (Å²) in [5, 5.41) is 32.9. The lowest BCUT2D eigenvalue weighted by Gasteiger charge is -2.14. The number of aliphatic hydroxyl groups is 2. The topological polar surface area (TPSA) is 108 Å². The van der Waals surface area contributed by atoms with E-state index in [0.29, 0.717) is 55.9 Å². The zero-order chi connectivity index (χ0) is 28.2. The fraction of sp³-hybridized carbons (Fsp3) is 0.438. The molecule has 0 amide bonds. The molecular weight excluding hydrogens is 526 g/mol. The van der Waals surface area contributed by atoms with Gasteiger partial charge in [0.1, 0.15) is 5.75 Å². The third-order valence-corrected chi connectivity index (χ3v) is 9.02. The summed E-state index contributed by atoms with van der Waals surface area (Å²) >= 11 is 0. The highest BCUT2D eigenvalue weighted by atomic mass is 32.2. The number of hydrogen-bond donors (Lipinski definition) is 4. The first kappa shape index (κ1) is 30.4. The van der Waals surface area contributed by atoms with Gasteiger partial charge in [-0.2, -0.15) is 0 Å². The molecule has 0 aromatic heterocycles. The van der Waals surface area contributed by atoms with E-state index in [2.05, 4.69) is 17.4 Å². The Morgan fingerprint density at radius 1 is 0.900 bits per heavy atom. The molecule has 40 heavy (non-hydrogen) atoms. The van der Waals surface area contributed by atoms with Gasteiger partial charge in [0.25, 0.3) is 0 Å². The number of rotatable bonds is 16. The van der Waals surface area contributed by atoms with Gasteiger partial charge in [0.05, 0.1) is 49.9 Å². The lowest BCUT2D eigenvalue weighted by atomic mass is 10.0. The van der Waals surface area contributed by atoms with E-state index < -0.39 is 16.9 Å². The summed E-state index contributed by atoms with van der Waals surface area (Å²) in [7, 11) is -0.928. The number of nitrogens with one attached hydrogen (secondary N) is 1. The van der Waals surface area contributed by atoms with Crippen LogP contribution in [0.3, 0.4) is 0 Å². The summed E-state index contributed by atoms with van der Waals surface area (Å²) in [6.45, 7) is 2.77. The second-order valence-corrected chi connectivity index (χ2v) is 12.0. The van der Waals surface area contributed by atoms with Gasteiger partial charge in [0, 0.05) is 22.3 Å². The van der Waals surface area contributed by atoms with Gasteiger partial charge in [-0.25, -0.2) is 0 Å². The second-order valence-electron chi connectivity index (χ2n) is 10.3. The Bertz CT molecular complexity index is 1230. The van der Waals surface area contributed by atoms with Crippen molar-refractivity contribution in [3.05, 3.63) is 94.5 Å². The standard InChI is InChI=1S/C32H41NO6S/c34-21-28-19-27(11-12-31(28)35)32(36)20-33-14-13-24-5-3-6-25(17-24)22-38-15-16-39-23-26-7-4-10-30(18-26)40(37)29-8-1-2-9-29/h3-7,10-12,17-19,29,32-36H,1-2,8-9,13-16,20-23H2. The van der Waals surface area contributed by atoms with Crippen molar-refractivity contribution in [2.75, 3.05) is 26.3 Å². The summed E-state index contributed by atoms with van der Waals surface area (Å²) in [6, 6.07) is 21.0.